The van der Waals surface area contributed by atoms with Crippen LogP contribution in [0.2, 0.25) is 0 Å². The van der Waals surface area contributed by atoms with Gasteiger partial charge >= 0.3 is 0 Å². The van der Waals surface area contributed by atoms with Gasteiger partial charge in [0.2, 0.25) is 5.91 Å². The van der Waals surface area contributed by atoms with Gasteiger partial charge in [0.25, 0.3) is 0 Å². The SMILES string of the molecule is CCc1ccc(-c2nc(CC(=O)Nc3ccc(C)cc3F)cs2)cc1. The number of rotatable bonds is 5. The Hall–Kier alpha value is -2.53. The number of aromatic nitrogens is 1. The summed E-state index contributed by atoms with van der Waals surface area (Å²) >= 11 is 1.50. The number of benzene rings is 2. The summed E-state index contributed by atoms with van der Waals surface area (Å²) in [5.41, 5.74) is 4.01. The summed E-state index contributed by atoms with van der Waals surface area (Å²) in [7, 11) is 0. The van der Waals surface area contributed by atoms with Crippen molar-refractivity contribution in [2.24, 2.45) is 0 Å². The minimum Gasteiger partial charge on any atom is -0.323 e. The van der Waals surface area contributed by atoms with E-state index in [-0.39, 0.29) is 18.0 Å². The van der Waals surface area contributed by atoms with Crippen molar-refractivity contribution in [3.05, 3.63) is 70.5 Å². The molecule has 1 N–H and O–H groups in total. The first kappa shape index (κ1) is 17.3. The maximum Gasteiger partial charge on any atom is 0.230 e. The van der Waals surface area contributed by atoms with Crippen LogP contribution in [0.15, 0.2) is 47.8 Å². The molecule has 0 aliphatic heterocycles. The van der Waals surface area contributed by atoms with Crippen LogP contribution in [0.1, 0.15) is 23.7 Å². The number of carbonyl (C=O) groups excluding carboxylic acids is 1. The Bertz CT molecular complexity index is 887. The smallest absolute Gasteiger partial charge is 0.230 e. The van der Waals surface area contributed by atoms with Gasteiger partial charge < -0.3 is 5.32 Å². The number of nitrogens with one attached hydrogen (secondary N) is 1. The van der Waals surface area contributed by atoms with Crippen LogP contribution < -0.4 is 5.32 Å². The van der Waals surface area contributed by atoms with E-state index in [4.69, 9.17) is 0 Å². The molecule has 3 nitrogen and oxygen atoms in total. The van der Waals surface area contributed by atoms with Gasteiger partial charge in [0.05, 0.1) is 17.8 Å². The van der Waals surface area contributed by atoms with Crippen LogP contribution in [0.4, 0.5) is 10.1 Å². The summed E-state index contributed by atoms with van der Waals surface area (Å²) in [5.74, 6) is -0.704. The van der Waals surface area contributed by atoms with E-state index in [1.165, 1.54) is 23.0 Å². The third-order valence-electron chi connectivity index (χ3n) is 3.90. The number of aryl methyl sites for hydroxylation is 2. The van der Waals surface area contributed by atoms with Crippen molar-refractivity contribution < 1.29 is 9.18 Å². The minimum atomic E-state index is -0.427. The van der Waals surface area contributed by atoms with E-state index >= 15 is 0 Å². The Balaban J connectivity index is 1.67. The molecule has 1 aromatic heterocycles. The lowest BCUT2D eigenvalue weighted by molar-refractivity contribution is -0.115. The first-order valence-corrected chi connectivity index (χ1v) is 9.03. The summed E-state index contributed by atoms with van der Waals surface area (Å²) < 4.78 is 13.8. The lowest BCUT2D eigenvalue weighted by Gasteiger charge is -2.06. The summed E-state index contributed by atoms with van der Waals surface area (Å²) in [6.07, 6.45) is 1.12. The van der Waals surface area contributed by atoms with Crippen molar-refractivity contribution in [2.45, 2.75) is 26.7 Å². The van der Waals surface area contributed by atoms with Crippen molar-refractivity contribution in [1.29, 1.82) is 0 Å². The van der Waals surface area contributed by atoms with Crippen LogP contribution in [0.5, 0.6) is 0 Å². The molecule has 0 saturated heterocycles. The number of nitrogens with zero attached hydrogens (tertiary/aromatic N) is 1. The Morgan fingerprint density at radius 3 is 2.64 bits per heavy atom. The molecule has 0 aliphatic rings. The molecule has 0 saturated carbocycles. The first-order valence-electron chi connectivity index (χ1n) is 8.15. The average Bonchev–Trinajstić information content (AvgIpc) is 3.06. The number of amides is 1. The van der Waals surface area contributed by atoms with E-state index in [0.29, 0.717) is 5.69 Å². The topological polar surface area (TPSA) is 42.0 Å². The summed E-state index contributed by atoms with van der Waals surface area (Å²) in [4.78, 5) is 16.7. The predicted molar refractivity (Wildman–Crippen MR) is 100 cm³/mol. The van der Waals surface area contributed by atoms with Crippen molar-refractivity contribution in [3.63, 3.8) is 0 Å². The Morgan fingerprint density at radius 2 is 1.96 bits per heavy atom. The van der Waals surface area contributed by atoms with Gasteiger partial charge in [0.15, 0.2) is 0 Å². The van der Waals surface area contributed by atoms with Gasteiger partial charge in [0.1, 0.15) is 10.8 Å². The second-order valence-electron chi connectivity index (χ2n) is 5.90. The minimum absolute atomic E-state index is 0.122. The van der Waals surface area contributed by atoms with Gasteiger partial charge in [-0.3, -0.25) is 4.79 Å². The number of anilines is 1. The number of hydrogen-bond donors (Lipinski definition) is 1. The van der Waals surface area contributed by atoms with Crippen LogP contribution in [-0.2, 0) is 17.6 Å². The van der Waals surface area contributed by atoms with E-state index < -0.39 is 5.82 Å². The molecule has 25 heavy (non-hydrogen) atoms. The molecule has 0 aliphatic carbocycles. The molecule has 1 amide bonds. The number of halogens is 1. The maximum atomic E-state index is 13.8. The number of carbonyl (C=O) groups is 1. The van der Waals surface area contributed by atoms with E-state index in [2.05, 4.69) is 29.4 Å². The fourth-order valence-electron chi connectivity index (χ4n) is 2.48. The molecule has 0 atom stereocenters. The van der Waals surface area contributed by atoms with E-state index in [1.807, 2.05) is 17.5 Å². The zero-order chi connectivity index (χ0) is 17.8. The molecule has 3 rings (SSSR count). The quantitative estimate of drug-likeness (QED) is 0.700. The Kier molecular flexibility index (Phi) is 5.24. The fraction of sp³-hybridized carbons (Fsp3) is 0.200. The molecule has 0 radical (unpaired) electrons. The predicted octanol–water partition coefficient (Wildman–Crippen LogP) is 5.00. The molecular weight excluding hydrogens is 335 g/mol. The van der Waals surface area contributed by atoms with Crippen molar-refractivity contribution in [1.82, 2.24) is 4.98 Å². The molecule has 0 bridgehead atoms. The Labute approximate surface area is 150 Å². The summed E-state index contributed by atoms with van der Waals surface area (Å²) in [6.45, 7) is 3.92. The van der Waals surface area contributed by atoms with Crippen LogP contribution >= 0.6 is 11.3 Å². The van der Waals surface area contributed by atoms with Crippen LogP contribution in [0, 0.1) is 12.7 Å². The standard InChI is InChI=1S/C20H19FN2OS/c1-3-14-5-7-15(8-6-14)20-22-16(12-25-20)11-19(24)23-18-9-4-13(2)10-17(18)21/h4-10,12H,3,11H2,1-2H3,(H,23,24). The summed E-state index contributed by atoms with van der Waals surface area (Å²) in [6, 6.07) is 13.0. The highest BCUT2D eigenvalue weighted by atomic mass is 32.1. The third kappa shape index (κ3) is 4.31. The molecular formula is C20H19FN2OS. The monoisotopic (exact) mass is 354 g/mol. The zero-order valence-electron chi connectivity index (χ0n) is 14.2. The van der Waals surface area contributed by atoms with Crippen molar-refractivity contribution in [3.8, 4) is 10.6 Å². The highest BCUT2D eigenvalue weighted by Gasteiger charge is 2.11. The van der Waals surface area contributed by atoms with Crippen molar-refractivity contribution >= 4 is 22.9 Å². The zero-order valence-corrected chi connectivity index (χ0v) is 15.0. The normalized spacial score (nSPS) is 10.7. The van der Waals surface area contributed by atoms with Gasteiger partial charge in [-0.15, -0.1) is 11.3 Å². The molecule has 128 valence electrons. The second kappa shape index (κ2) is 7.57. The fourth-order valence-corrected chi connectivity index (χ4v) is 3.31. The van der Waals surface area contributed by atoms with Crippen LogP contribution in [0.3, 0.4) is 0 Å². The van der Waals surface area contributed by atoms with Crippen molar-refractivity contribution in [2.75, 3.05) is 5.32 Å². The van der Waals surface area contributed by atoms with Gasteiger partial charge in [0, 0.05) is 10.9 Å². The van der Waals surface area contributed by atoms with Gasteiger partial charge in [-0.2, -0.15) is 0 Å². The lowest BCUT2D eigenvalue weighted by Crippen LogP contribution is -2.15. The maximum absolute atomic E-state index is 13.8. The lowest BCUT2D eigenvalue weighted by atomic mass is 10.1. The van der Waals surface area contributed by atoms with Gasteiger partial charge in [-0.05, 0) is 36.6 Å². The molecule has 0 fully saturated rings. The molecule has 0 unspecified atom stereocenters. The number of hydrogen-bond acceptors (Lipinski definition) is 3. The number of thiazole rings is 1. The van der Waals surface area contributed by atoms with Crippen LogP contribution in [-0.4, -0.2) is 10.9 Å². The second-order valence-corrected chi connectivity index (χ2v) is 6.76. The highest BCUT2D eigenvalue weighted by Crippen LogP contribution is 2.24. The van der Waals surface area contributed by atoms with Crippen LogP contribution in [0.25, 0.3) is 10.6 Å². The first-order chi connectivity index (χ1) is 12.0. The van der Waals surface area contributed by atoms with Gasteiger partial charge in [-0.1, -0.05) is 37.3 Å². The van der Waals surface area contributed by atoms with E-state index in [9.17, 15) is 9.18 Å². The van der Waals surface area contributed by atoms with Gasteiger partial charge in [-0.25, -0.2) is 9.37 Å². The van der Waals surface area contributed by atoms with E-state index in [1.54, 1.807) is 19.1 Å². The molecule has 0 spiro atoms. The Morgan fingerprint density at radius 1 is 1.20 bits per heavy atom. The molecule has 1 heterocycles. The largest absolute Gasteiger partial charge is 0.323 e. The highest BCUT2D eigenvalue weighted by molar-refractivity contribution is 7.13. The molecule has 3 aromatic rings. The van der Waals surface area contributed by atoms with E-state index in [0.717, 1.165) is 22.6 Å². The summed E-state index contributed by atoms with van der Waals surface area (Å²) in [5, 5.41) is 5.35. The third-order valence-corrected chi connectivity index (χ3v) is 4.84. The molecule has 2 aromatic carbocycles. The molecule has 5 heteroatoms. The average molecular weight is 354 g/mol.